The Morgan fingerprint density at radius 1 is 1.40 bits per heavy atom. The van der Waals surface area contributed by atoms with Gasteiger partial charge in [0.15, 0.2) is 0 Å². The van der Waals surface area contributed by atoms with Crippen LogP contribution < -0.4 is 5.32 Å². The maximum Gasteiger partial charge on any atom is 0.207 e. The number of nitrogens with one attached hydrogen (secondary N) is 1. The van der Waals surface area contributed by atoms with Gasteiger partial charge in [-0.05, 0) is 19.1 Å². The van der Waals surface area contributed by atoms with Crippen LogP contribution in [0.1, 0.15) is 13.0 Å². The van der Waals surface area contributed by atoms with Crippen molar-refractivity contribution in [3.63, 3.8) is 0 Å². The number of ether oxygens (including phenoxy) is 1. The fourth-order valence-corrected chi connectivity index (χ4v) is 2.42. The van der Waals surface area contributed by atoms with E-state index in [1.54, 1.807) is 13.3 Å². The van der Waals surface area contributed by atoms with Crippen LogP contribution in [-0.4, -0.2) is 23.3 Å². The first-order chi connectivity index (χ1) is 9.52. The number of methoxy groups -OCH3 is 1. The Morgan fingerprint density at radius 3 is 2.65 bits per heavy atom. The van der Waals surface area contributed by atoms with Crippen molar-refractivity contribution in [2.24, 2.45) is 0 Å². The van der Waals surface area contributed by atoms with E-state index < -0.39 is 5.82 Å². The standard InChI is InChI=1S/C13H14Cl2FN3O/c1-8(7-20-2)19-4-3-17-13(19)18-12-10(14)5-9(16)6-11(12)15/h3-6,8H,7H2,1-2H3,(H,17,18). The van der Waals surface area contributed by atoms with Crippen molar-refractivity contribution < 1.29 is 9.13 Å². The van der Waals surface area contributed by atoms with Crippen molar-refractivity contribution in [2.75, 3.05) is 19.0 Å². The third-order valence-corrected chi connectivity index (χ3v) is 3.39. The Kier molecular flexibility index (Phi) is 4.86. The summed E-state index contributed by atoms with van der Waals surface area (Å²) in [6.45, 7) is 2.53. The van der Waals surface area contributed by atoms with Crippen LogP contribution in [0, 0.1) is 5.82 Å². The van der Waals surface area contributed by atoms with E-state index in [0.717, 1.165) is 0 Å². The number of nitrogens with zero attached hydrogens (tertiary/aromatic N) is 2. The van der Waals surface area contributed by atoms with Crippen molar-refractivity contribution in [2.45, 2.75) is 13.0 Å². The van der Waals surface area contributed by atoms with Crippen LogP contribution in [-0.2, 0) is 4.74 Å². The fourth-order valence-electron chi connectivity index (χ4n) is 1.86. The highest BCUT2D eigenvalue weighted by molar-refractivity contribution is 6.39. The number of aromatic nitrogens is 2. The summed E-state index contributed by atoms with van der Waals surface area (Å²) in [5.41, 5.74) is 0.423. The Balaban J connectivity index is 2.30. The van der Waals surface area contributed by atoms with Gasteiger partial charge in [0.25, 0.3) is 0 Å². The summed E-state index contributed by atoms with van der Waals surface area (Å²) in [7, 11) is 1.63. The number of rotatable bonds is 5. The van der Waals surface area contributed by atoms with Crippen LogP contribution in [0.3, 0.4) is 0 Å². The largest absolute Gasteiger partial charge is 0.383 e. The molecule has 1 aromatic carbocycles. The molecule has 7 heteroatoms. The van der Waals surface area contributed by atoms with E-state index in [0.29, 0.717) is 18.2 Å². The van der Waals surface area contributed by atoms with E-state index in [2.05, 4.69) is 10.3 Å². The van der Waals surface area contributed by atoms with Gasteiger partial charge in [-0.1, -0.05) is 23.2 Å². The molecule has 0 saturated carbocycles. The van der Waals surface area contributed by atoms with Crippen LogP contribution >= 0.6 is 23.2 Å². The molecule has 0 aliphatic carbocycles. The average Bonchev–Trinajstić information content (AvgIpc) is 2.82. The molecular formula is C13H14Cl2FN3O. The molecule has 2 aromatic rings. The van der Waals surface area contributed by atoms with E-state index in [1.807, 2.05) is 17.7 Å². The highest BCUT2D eigenvalue weighted by Gasteiger charge is 2.14. The van der Waals surface area contributed by atoms with Gasteiger partial charge in [-0.15, -0.1) is 0 Å². The molecule has 0 aliphatic heterocycles. The lowest BCUT2D eigenvalue weighted by atomic mass is 10.3. The number of halogens is 3. The zero-order valence-electron chi connectivity index (χ0n) is 11.0. The molecule has 0 saturated heterocycles. The number of anilines is 2. The maximum atomic E-state index is 13.2. The van der Waals surface area contributed by atoms with Gasteiger partial charge < -0.3 is 14.6 Å². The lowest BCUT2D eigenvalue weighted by Crippen LogP contribution is -2.13. The van der Waals surface area contributed by atoms with Crippen LogP contribution in [0.2, 0.25) is 10.0 Å². The predicted octanol–water partition coefficient (Wildman–Crippen LogP) is 4.28. The molecule has 108 valence electrons. The Labute approximate surface area is 126 Å². The summed E-state index contributed by atoms with van der Waals surface area (Å²) in [6, 6.07) is 2.48. The molecule has 0 radical (unpaired) electrons. The first-order valence-corrected chi connectivity index (χ1v) is 6.72. The van der Waals surface area contributed by atoms with Gasteiger partial charge in [0.1, 0.15) is 5.82 Å². The van der Waals surface area contributed by atoms with Crippen LogP contribution in [0.25, 0.3) is 0 Å². The number of hydrogen-bond donors (Lipinski definition) is 1. The SMILES string of the molecule is COCC(C)n1ccnc1Nc1c(Cl)cc(F)cc1Cl. The molecule has 0 amide bonds. The zero-order valence-corrected chi connectivity index (χ0v) is 12.5. The summed E-state index contributed by atoms with van der Waals surface area (Å²) >= 11 is 12.0. The minimum absolute atomic E-state index is 0.0861. The first-order valence-electron chi connectivity index (χ1n) is 5.96. The summed E-state index contributed by atoms with van der Waals surface area (Å²) in [5.74, 6) is 0.0756. The summed E-state index contributed by atoms with van der Waals surface area (Å²) in [5, 5.41) is 3.42. The lowest BCUT2D eigenvalue weighted by molar-refractivity contribution is 0.163. The molecule has 0 bridgehead atoms. The summed E-state index contributed by atoms with van der Waals surface area (Å²) in [4.78, 5) is 4.20. The molecule has 0 aliphatic rings. The molecule has 0 spiro atoms. The van der Waals surface area contributed by atoms with Crippen molar-refractivity contribution in [1.29, 1.82) is 0 Å². The minimum Gasteiger partial charge on any atom is -0.383 e. The molecule has 0 fully saturated rings. The lowest BCUT2D eigenvalue weighted by Gasteiger charge is -2.17. The van der Waals surface area contributed by atoms with E-state index >= 15 is 0 Å². The molecule has 4 nitrogen and oxygen atoms in total. The van der Waals surface area contributed by atoms with Gasteiger partial charge in [-0.2, -0.15) is 0 Å². The number of imidazole rings is 1. The topological polar surface area (TPSA) is 39.1 Å². The van der Waals surface area contributed by atoms with E-state index in [1.165, 1.54) is 12.1 Å². The van der Waals surface area contributed by atoms with Gasteiger partial charge in [0, 0.05) is 19.5 Å². The molecule has 1 heterocycles. The van der Waals surface area contributed by atoms with Crippen molar-refractivity contribution >= 4 is 34.8 Å². The van der Waals surface area contributed by atoms with Gasteiger partial charge in [-0.25, -0.2) is 9.37 Å². The van der Waals surface area contributed by atoms with Crippen molar-refractivity contribution in [1.82, 2.24) is 9.55 Å². The molecule has 2 rings (SSSR count). The van der Waals surface area contributed by atoms with Crippen LogP contribution in [0.5, 0.6) is 0 Å². The quantitative estimate of drug-likeness (QED) is 0.894. The highest BCUT2D eigenvalue weighted by atomic mass is 35.5. The van der Waals surface area contributed by atoms with Gasteiger partial charge in [0.05, 0.1) is 28.4 Å². The van der Waals surface area contributed by atoms with E-state index in [-0.39, 0.29) is 16.1 Å². The monoisotopic (exact) mass is 317 g/mol. The van der Waals surface area contributed by atoms with Gasteiger partial charge >= 0.3 is 0 Å². The third kappa shape index (κ3) is 3.23. The van der Waals surface area contributed by atoms with E-state index in [9.17, 15) is 4.39 Å². The molecule has 1 unspecified atom stereocenters. The second kappa shape index (κ2) is 6.43. The molecule has 1 atom stereocenters. The average molecular weight is 318 g/mol. The zero-order chi connectivity index (χ0) is 14.7. The third-order valence-electron chi connectivity index (χ3n) is 2.80. The molecule has 1 N–H and O–H groups in total. The maximum absolute atomic E-state index is 13.2. The Bertz CT molecular complexity index is 580. The molecule has 20 heavy (non-hydrogen) atoms. The van der Waals surface area contributed by atoms with E-state index in [4.69, 9.17) is 27.9 Å². The smallest absolute Gasteiger partial charge is 0.207 e. The minimum atomic E-state index is -0.485. The fraction of sp³-hybridized carbons (Fsp3) is 0.308. The van der Waals surface area contributed by atoms with Crippen molar-refractivity contribution in [3.05, 3.63) is 40.4 Å². The second-order valence-electron chi connectivity index (χ2n) is 4.33. The summed E-state index contributed by atoms with van der Waals surface area (Å²) in [6.07, 6.45) is 3.47. The first kappa shape index (κ1) is 15.1. The predicted molar refractivity (Wildman–Crippen MR) is 78.5 cm³/mol. The van der Waals surface area contributed by atoms with Crippen molar-refractivity contribution in [3.8, 4) is 0 Å². The van der Waals surface area contributed by atoms with Crippen LogP contribution in [0.4, 0.5) is 16.0 Å². The highest BCUT2D eigenvalue weighted by Crippen LogP contribution is 2.33. The summed E-state index contributed by atoms with van der Waals surface area (Å²) < 4.78 is 20.2. The molecule has 1 aromatic heterocycles. The normalized spacial score (nSPS) is 12.4. The number of hydrogen-bond acceptors (Lipinski definition) is 3. The second-order valence-corrected chi connectivity index (χ2v) is 5.15. The van der Waals surface area contributed by atoms with Gasteiger partial charge in [0.2, 0.25) is 5.95 Å². The molecular weight excluding hydrogens is 304 g/mol. The van der Waals surface area contributed by atoms with Gasteiger partial charge in [-0.3, -0.25) is 0 Å². The Morgan fingerprint density at radius 2 is 2.05 bits per heavy atom. The number of benzene rings is 1. The van der Waals surface area contributed by atoms with Crippen LogP contribution in [0.15, 0.2) is 24.5 Å². The Hall–Kier alpha value is -1.30.